The van der Waals surface area contributed by atoms with E-state index in [0.717, 1.165) is 16.8 Å². The Morgan fingerprint density at radius 3 is 2.04 bits per heavy atom. The fourth-order valence-electron chi connectivity index (χ4n) is 2.61. The van der Waals surface area contributed by atoms with Crippen LogP contribution in [0.2, 0.25) is 0 Å². The topological polar surface area (TPSA) is 49.4 Å². The zero-order valence-electron chi connectivity index (χ0n) is 14.0. The molecule has 4 nitrogen and oxygen atoms in total. The predicted molar refractivity (Wildman–Crippen MR) is 94.0 cm³/mol. The Kier molecular flexibility index (Phi) is 5.16. The largest absolute Gasteiger partial charge is 0.326 e. The van der Waals surface area contributed by atoms with Crippen LogP contribution in [0.5, 0.6) is 0 Å². The lowest BCUT2D eigenvalue weighted by Gasteiger charge is -2.22. The van der Waals surface area contributed by atoms with Crippen LogP contribution in [0.3, 0.4) is 0 Å². The lowest BCUT2D eigenvalue weighted by molar-refractivity contribution is -0.114. The smallest absolute Gasteiger partial charge is 0.258 e. The average molecular weight is 310 g/mol. The molecule has 0 heterocycles. The quantitative estimate of drug-likeness (QED) is 0.930. The lowest BCUT2D eigenvalue weighted by atomic mass is 10.1. The fourth-order valence-corrected chi connectivity index (χ4v) is 2.61. The maximum atomic E-state index is 12.8. The van der Waals surface area contributed by atoms with Gasteiger partial charge in [-0.1, -0.05) is 6.07 Å². The van der Waals surface area contributed by atoms with Crippen LogP contribution in [-0.2, 0) is 4.79 Å². The molecule has 23 heavy (non-hydrogen) atoms. The molecule has 0 spiro atoms. The highest BCUT2D eigenvalue weighted by Crippen LogP contribution is 2.21. The molecule has 4 heteroatoms. The summed E-state index contributed by atoms with van der Waals surface area (Å²) in [5.41, 5.74) is 4.45. The van der Waals surface area contributed by atoms with Crippen LogP contribution in [0.25, 0.3) is 0 Å². The minimum Gasteiger partial charge on any atom is -0.326 e. The number of carbonyl (C=O) groups excluding carboxylic acids is 2. The van der Waals surface area contributed by atoms with E-state index < -0.39 is 0 Å². The van der Waals surface area contributed by atoms with Crippen molar-refractivity contribution >= 4 is 23.2 Å². The van der Waals surface area contributed by atoms with Gasteiger partial charge >= 0.3 is 0 Å². The highest BCUT2D eigenvalue weighted by Gasteiger charge is 2.16. The summed E-state index contributed by atoms with van der Waals surface area (Å²) in [6.07, 6.45) is 0. The summed E-state index contributed by atoms with van der Waals surface area (Å²) in [5.74, 6) is -0.179. The Bertz CT molecular complexity index is 700. The molecule has 0 saturated heterocycles. The van der Waals surface area contributed by atoms with E-state index >= 15 is 0 Å². The molecule has 2 aromatic rings. The molecule has 0 unspecified atom stereocenters. The van der Waals surface area contributed by atoms with Crippen LogP contribution in [0.15, 0.2) is 42.5 Å². The van der Waals surface area contributed by atoms with E-state index in [-0.39, 0.29) is 11.8 Å². The van der Waals surface area contributed by atoms with Gasteiger partial charge in [0.1, 0.15) is 0 Å². The summed E-state index contributed by atoms with van der Waals surface area (Å²) in [5, 5.41) is 2.70. The molecule has 0 saturated carbocycles. The second-order valence-corrected chi connectivity index (χ2v) is 5.65. The van der Waals surface area contributed by atoms with Crippen molar-refractivity contribution in [1.82, 2.24) is 0 Å². The van der Waals surface area contributed by atoms with Crippen molar-refractivity contribution in [3.05, 3.63) is 59.2 Å². The van der Waals surface area contributed by atoms with E-state index in [4.69, 9.17) is 0 Å². The molecule has 0 aliphatic carbocycles. The number of nitrogens with zero attached hydrogens (tertiary/aromatic N) is 1. The van der Waals surface area contributed by atoms with Gasteiger partial charge in [-0.3, -0.25) is 9.59 Å². The lowest BCUT2D eigenvalue weighted by Crippen LogP contribution is -2.30. The van der Waals surface area contributed by atoms with Crippen molar-refractivity contribution in [3.8, 4) is 0 Å². The first kappa shape index (κ1) is 16.7. The van der Waals surface area contributed by atoms with Gasteiger partial charge in [0.05, 0.1) is 0 Å². The molecule has 1 N–H and O–H groups in total. The Labute approximate surface area is 137 Å². The molecule has 2 amide bonds. The molecule has 0 bridgehead atoms. The van der Waals surface area contributed by atoms with Crippen LogP contribution in [-0.4, -0.2) is 18.4 Å². The maximum Gasteiger partial charge on any atom is 0.258 e. The van der Waals surface area contributed by atoms with Gasteiger partial charge < -0.3 is 10.2 Å². The first-order valence-electron chi connectivity index (χ1n) is 7.68. The number of nitrogens with one attached hydrogen (secondary N) is 1. The Morgan fingerprint density at radius 1 is 1.00 bits per heavy atom. The second kappa shape index (κ2) is 7.09. The SMILES string of the molecule is CCN(C(=O)c1ccc(NC(C)=O)cc1)c1cc(C)cc(C)c1. The monoisotopic (exact) mass is 310 g/mol. The van der Waals surface area contributed by atoms with Crippen LogP contribution in [0.1, 0.15) is 35.3 Å². The number of amides is 2. The van der Waals surface area contributed by atoms with Crippen molar-refractivity contribution in [1.29, 1.82) is 0 Å². The van der Waals surface area contributed by atoms with Gasteiger partial charge in [0.25, 0.3) is 5.91 Å². The van der Waals surface area contributed by atoms with Gasteiger partial charge in [-0.25, -0.2) is 0 Å². The zero-order valence-corrected chi connectivity index (χ0v) is 14.0. The van der Waals surface area contributed by atoms with Gasteiger partial charge in [-0.2, -0.15) is 0 Å². The Hall–Kier alpha value is -2.62. The van der Waals surface area contributed by atoms with Crippen molar-refractivity contribution in [2.45, 2.75) is 27.7 Å². The van der Waals surface area contributed by atoms with E-state index in [9.17, 15) is 9.59 Å². The second-order valence-electron chi connectivity index (χ2n) is 5.65. The Morgan fingerprint density at radius 2 is 1.57 bits per heavy atom. The van der Waals surface area contributed by atoms with Crippen LogP contribution >= 0.6 is 0 Å². The summed E-state index contributed by atoms with van der Waals surface area (Å²) < 4.78 is 0. The van der Waals surface area contributed by atoms with E-state index in [1.54, 1.807) is 29.2 Å². The summed E-state index contributed by atoms with van der Waals surface area (Å²) >= 11 is 0. The number of hydrogen-bond acceptors (Lipinski definition) is 2. The van der Waals surface area contributed by atoms with Crippen molar-refractivity contribution < 1.29 is 9.59 Å². The number of aryl methyl sites for hydroxylation is 2. The molecule has 0 atom stereocenters. The molecule has 0 aliphatic heterocycles. The minimum atomic E-state index is -0.130. The molecule has 0 aliphatic rings. The number of anilines is 2. The normalized spacial score (nSPS) is 10.3. The summed E-state index contributed by atoms with van der Waals surface area (Å²) in [6, 6.07) is 13.1. The molecular formula is C19H22N2O2. The van der Waals surface area contributed by atoms with Crippen LogP contribution in [0, 0.1) is 13.8 Å². The van der Waals surface area contributed by atoms with Crippen molar-refractivity contribution in [2.24, 2.45) is 0 Å². The molecule has 0 fully saturated rings. The van der Waals surface area contributed by atoms with E-state index in [1.165, 1.54) is 6.92 Å². The Balaban J connectivity index is 2.27. The zero-order chi connectivity index (χ0) is 17.0. The van der Waals surface area contributed by atoms with Gasteiger partial charge in [-0.05, 0) is 68.3 Å². The highest BCUT2D eigenvalue weighted by atomic mass is 16.2. The summed E-state index contributed by atoms with van der Waals surface area (Å²) in [4.78, 5) is 25.6. The van der Waals surface area contributed by atoms with Gasteiger partial charge in [-0.15, -0.1) is 0 Å². The van der Waals surface area contributed by atoms with Crippen LogP contribution < -0.4 is 10.2 Å². The van der Waals surface area contributed by atoms with Gasteiger partial charge in [0, 0.05) is 30.4 Å². The molecule has 0 aromatic heterocycles. The predicted octanol–water partition coefficient (Wildman–Crippen LogP) is 3.93. The minimum absolute atomic E-state index is 0.0492. The summed E-state index contributed by atoms with van der Waals surface area (Å²) in [6.45, 7) is 8.06. The maximum absolute atomic E-state index is 12.8. The van der Waals surface area contributed by atoms with E-state index in [2.05, 4.69) is 11.4 Å². The number of carbonyl (C=O) groups is 2. The highest BCUT2D eigenvalue weighted by molar-refractivity contribution is 6.06. The third-order valence-corrected chi connectivity index (χ3v) is 3.53. The average Bonchev–Trinajstić information content (AvgIpc) is 2.47. The fraction of sp³-hybridized carbons (Fsp3) is 0.263. The number of benzene rings is 2. The van der Waals surface area contributed by atoms with Crippen molar-refractivity contribution in [2.75, 3.05) is 16.8 Å². The van der Waals surface area contributed by atoms with E-state index in [0.29, 0.717) is 17.8 Å². The molecular weight excluding hydrogens is 288 g/mol. The molecule has 2 rings (SSSR count). The number of rotatable bonds is 4. The molecule has 0 radical (unpaired) electrons. The van der Waals surface area contributed by atoms with Gasteiger partial charge in [0.2, 0.25) is 5.91 Å². The first-order valence-corrected chi connectivity index (χ1v) is 7.68. The molecule has 2 aromatic carbocycles. The number of hydrogen-bond donors (Lipinski definition) is 1. The standard InChI is InChI=1S/C19H22N2O2/c1-5-21(18-11-13(2)10-14(3)12-18)19(23)16-6-8-17(9-7-16)20-15(4)22/h6-12H,5H2,1-4H3,(H,20,22). The molecule has 120 valence electrons. The third kappa shape index (κ3) is 4.19. The van der Waals surface area contributed by atoms with Crippen molar-refractivity contribution in [3.63, 3.8) is 0 Å². The van der Waals surface area contributed by atoms with Gasteiger partial charge in [0.15, 0.2) is 0 Å². The third-order valence-electron chi connectivity index (χ3n) is 3.53. The van der Waals surface area contributed by atoms with Crippen LogP contribution in [0.4, 0.5) is 11.4 Å². The summed E-state index contributed by atoms with van der Waals surface area (Å²) in [7, 11) is 0. The van der Waals surface area contributed by atoms with E-state index in [1.807, 2.05) is 32.9 Å². The first-order chi connectivity index (χ1) is 10.9.